The Labute approximate surface area is 135 Å². The van der Waals surface area contributed by atoms with Gasteiger partial charge in [0.2, 0.25) is 0 Å². The molecule has 5 nitrogen and oxygen atoms in total. The van der Waals surface area contributed by atoms with Crippen LogP contribution in [0.15, 0.2) is 65.7 Å². The van der Waals surface area contributed by atoms with Gasteiger partial charge in [-0.2, -0.15) is 5.10 Å². The molecule has 0 atom stereocenters. The number of hydrogen-bond donors (Lipinski definition) is 1. The Morgan fingerprint density at radius 3 is 2.43 bits per heavy atom. The van der Waals surface area contributed by atoms with E-state index in [9.17, 15) is 8.42 Å². The van der Waals surface area contributed by atoms with Crippen molar-refractivity contribution in [2.75, 3.05) is 4.72 Å². The van der Waals surface area contributed by atoms with E-state index in [1.165, 1.54) is 0 Å². The van der Waals surface area contributed by atoms with Gasteiger partial charge in [0.25, 0.3) is 10.0 Å². The summed E-state index contributed by atoms with van der Waals surface area (Å²) in [7, 11) is -1.75. The lowest BCUT2D eigenvalue weighted by Crippen LogP contribution is -2.12. The number of sulfonamides is 1. The van der Waals surface area contributed by atoms with Crippen LogP contribution in [0.2, 0.25) is 0 Å². The average molecular weight is 327 g/mol. The molecule has 0 spiro atoms. The predicted octanol–water partition coefficient (Wildman–Crippen LogP) is 3.20. The van der Waals surface area contributed by atoms with Crippen molar-refractivity contribution in [2.45, 2.75) is 11.8 Å². The van der Waals surface area contributed by atoms with Crippen molar-refractivity contribution >= 4 is 15.7 Å². The zero-order valence-corrected chi connectivity index (χ0v) is 13.7. The summed E-state index contributed by atoms with van der Waals surface area (Å²) in [5, 5.41) is 4.13. The molecule has 1 heterocycles. The maximum absolute atomic E-state index is 12.4. The Hall–Kier alpha value is -2.60. The van der Waals surface area contributed by atoms with Crippen molar-refractivity contribution in [3.05, 3.63) is 66.4 Å². The van der Waals surface area contributed by atoms with E-state index < -0.39 is 10.0 Å². The van der Waals surface area contributed by atoms with Crippen LogP contribution in [0.3, 0.4) is 0 Å². The first-order valence-corrected chi connectivity index (χ1v) is 8.62. The second kappa shape index (κ2) is 5.89. The molecule has 1 aromatic heterocycles. The first-order valence-electron chi connectivity index (χ1n) is 7.14. The van der Waals surface area contributed by atoms with Gasteiger partial charge in [0, 0.05) is 24.5 Å². The minimum atomic E-state index is -3.60. The van der Waals surface area contributed by atoms with Crippen LogP contribution in [-0.4, -0.2) is 18.2 Å². The van der Waals surface area contributed by atoms with Crippen molar-refractivity contribution in [3.63, 3.8) is 0 Å². The summed E-state index contributed by atoms with van der Waals surface area (Å²) < 4.78 is 29.3. The van der Waals surface area contributed by atoms with E-state index in [0.29, 0.717) is 5.69 Å². The molecule has 0 aliphatic heterocycles. The van der Waals surface area contributed by atoms with Gasteiger partial charge in [0.1, 0.15) is 0 Å². The highest BCUT2D eigenvalue weighted by atomic mass is 32.2. The maximum atomic E-state index is 12.4. The second-order valence-electron chi connectivity index (χ2n) is 5.34. The maximum Gasteiger partial charge on any atom is 0.261 e. The van der Waals surface area contributed by atoms with Crippen molar-refractivity contribution in [2.24, 2.45) is 7.05 Å². The molecule has 2 aromatic carbocycles. The molecule has 0 bridgehead atoms. The summed E-state index contributed by atoms with van der Waals surface area (Å²) in [5.41, 5.74) is 3.35. The van der Waals surface area contributed by atoms with Crippen LogP contribution in [0, 0.1) is 6.92 Å². The van der Waals surface area contributed by atoms with E-state index in [4.69, 9.17) is 0 Å². The summed E-state index contributed by atoms with van der Waals surface area (Å²) in [5.74, 6) is 0. The highest BCUT2D eigenvalue weighted by Crippen LogP contribution is 2.23. The fourth-order valence-electron chi connectivity index (χ4n) is 2.33. The Balaban J connectivity index is 1.91. The Morgan fingerprint density at radius 1 is 1.04 bits per heavy atom. The number of benzene rings is 2. The van der Waals surface area contributed by atoms with E-state index in [0.717, 1.165) is 16.8 Å². The minimum Gasteiger partial charge on any atom is -0.280 e. The highest BCUT2D eigenvalue weighted by molar-refractivity contribution is 7.92. The van der Waals surface area contributed by atoms with E-state index in [1.807, 2.05) is 32.2 Å². The molecule has 0 saturated carbocycles. The normalized spacial score (nSPS) is 11.4. The van der Waals surface area contributed by atoms with Gasteiger partial charge >= 0.3 is 0 Å². The number of rotatable bonds is 4. The van der Waals surface area contributed by atoms with Gasteiger partial charge < -0.3 is 0 Å². The number of aromatic nitrogens is 2. The van der Waals surface area contributed by atoms with E-state index >= 15 is 0 Å². The van der Waals surface area contributed by atoms with Crippen LogP contribution in [0.1, 0.15) is 5.56 Å². The van der Waals surface area contributed by atoms with Crippen LogP contribution in [0.5, 0.6) is 0 Å². The SMILES string of the molecule is Cc1ccc(S(=O)(=O)Nc2cccc(-c3ccnn3C)c2)cc1. The predicted molar refractivity (Wildman–Crippen MR) is 90.6 cm³/mol. The summed E-state index contributed by atoms with van der Waals surface area (Å²) in [4.78, 5) is 0.244. The Kier molecular flexibility index (Phi) is 3.92. The Bertz CT molecular complexity index is 928. The van der Waals surface area contributed by atoms with Crippen LogP contribution < -0.4 is 4.72 Å². The van der Waals surface area contributed by atoms with Crippen LogP contribution in [0.4, 0.5) is 5.69 Å². The van der Waals surface area contributed by atoms with Crippen LogP contribution in [-0.2, 0) is 17.1 Å². The molecule has 0 aliphatic carbocycles. The summed E-state index contributed by atoms with van der Waals surface area (Å²) >= 11 is 0. The third-order valence-corrected chi connectivity index (χ3v) is 4.96. The fourth-order valence-corrected chi connectivity index (χ4v) is 3.38. The lowest BCUT2D eigenvalue weighted by Gasteiger charge is -2.10. The molecule has 6 heteroatoms. The third-order valence-electron chi connectivity index (χ3n) is 3.56. The standard InChI is InChI=1S/C17H17N3O2S/c1-13-6-8-16(9-7-13)23(21,22)19-15-5-3-4-14(12-15)17-10-11-18-20(17)2/h3-12,19H,1-2H3. The van der Waals surface area contributed by atoms with E-state index in [-0.39, 0.29) is 4.90 Å². The van der Waals surface area contributed by atoms with Crippen molar-refractivity contribution < 1.29 is 8.42 Å². The molecule has 0 amide bonds. The van der Waals surface area contributed by atoms with Crippen LogP contribution in [0.25, 0.3) is 11.3 Å². The number of hydrogen-bond acceptors (Lipinski definition) is 3. The first kappa shape index (κ1) is 15.3. The zero-order chi connectivity index (χ0) is 16.4. The minimum absolute atomic E-state index is 0.244. The third kappa shape index (κ3) is 3.27. The van der Waals surface area contributed by atoms with Gasteiger partial charge in [0.15, 0.2) is 0 Å². The van der Waals surface area contributed by atoms with Gasteiger partial charge in [-0.3, -0.25) is 9.40 Å². The molecule has 1 N–H and O–H groups in total. The zero-order valence-electron chi connectivity index (χ0n) is 12.9. The number of anilines is 1. The van der Waals surface area contributed by atoms with Gasteiger partial charge in [-0.15, -0.1) is 0 Å². The lowest BCUT2D eigenvalue weighted by atomic mass is 10.1. The molecule has 0 saturated heterocycles. The smallest absolute Gasteiger partial charge is 0.261 e. The van der Waals surface area contributed by atoms with Gasteiger partial charge in [-0.1, -0.05) is 29.8 Å². The molecular formula is C17H17N3O2S. The second-order valence-corrected chi connectivity index (χ2v) is 7.02. The summed E-state index contributed by atoms with van der Waals surface area (Å²) in [6, 6.07) is 15.9. The van der Waals surface area contributed by atoms with Gasteiger partial charge in [-0.25, -0.2) is 8.42 Å². The van der Waals surface area contributed by atoms with Gasteiger partial charge in [0.05, 0.1) is 10.6 Å². The number of aryl methyl sites for hydroxylation is 2. The molecule has 0 fully saturated rings. The molecule has 118 valence electrons. The quantitative estimate of drug-likeness (QED) is 0.800. The molecule has 0 radical (unpaired) electrons. The Morgan fingerprint density at radius 2 is 1.78 bits per heavy atom. The number of nitrogens with zero attached hydrogens (tertiary/aromatic N) is 2. The lowest BCUT2D eigenvalue weighted by molar-refractivity contribution is 0.601. The van der Waals surface area contributed by atoms with Crippen molar-refractivity contribution in [3.8, 4) is 11.3 Å². The summed E-state index contributed by atoms with van der Waals surface area (Å²) in [6.45, 7) is 1.92. The van der Waals surface area contributed by atoms with Crippen molar-refractivity contribution in [1.82, 2.24) is 9.78 Å². The largest absolute Gasteiger partial charge is 0.280 e. The highest BCUT2D eigenvalue weighted by Gasteiger charge is 2.14. The summed E-state index contributed by atoms with van der Waals surface area (Å²) in [6.07, 6.45) is 1.71. The molecule has 0 unspecified atom stereocenters. The van der Waals surface area contributed by atoms with Gasteiger partial charge in [-0.05, 0) is 37.3 Å². The number of nitrogens with one attached hydrogen (secondary N) is 1. The van der Waals surface area contributed by atoms with E-state index in [1.54, 1.807) is 47.3 Å². The first-order chi connectivity index (χ1) is 11.0. The molecular weight excluding hydrogens is 310 g/mol. The molecule has 3 rings (SSSR count). The molecule has 0 aliphatic rings. The molecule has 3 aromatic rings. The fraction of sp³-hybridized carbons (Fsp3) is 0.118. The average Bonchev–Trinajstić information content (AvgIpc) is 2.94. The van der Waals surface area contributed by atoms with Crippen LogP contribution >= 0.6 is 0 Å². The van der Waals surface area contributed by atoms with Crippen molar-refractivity contribution in [1.29, 1.82) is 0 Å². The molecule has 23 heavy (non-hydrogen) atoms. The topological polar surface area (TPSA) is 64.0 Å². The van der Waals surface area contributed by atoms with E-state index in [2.05, 4.69) is 9.82 Å². The monoisotopic (exact) mass is 327 g/mol.